The largest absolute Gasteiger partial charge is 0.352 e. The van der Waals surface area contributed by atoms with Gasteiger partial charge in [0.1, 0.15) is 5.82 Å². The molecule has 0 aliphatic rings. The summed E-state index contributed by atoms with van der Waals surface area (Å²) in [5.41, 5.74) is 1.98. The van der Waals surface area contributed by atoms with Gasteiger partial charge < -0.3 is 10.2 Å². The van der Waals surface area contributed by atoms with Crippen molar-refractivity contribution in [2.45, 2.75) is 13.1 Å². The van der Waals surface area contributed by atoms with E-state index in [9.17, 15) is 4.39 Å². The summed E-state index contributed by atoms with van der Waals surface area (Å²) in [5, 5.41) is 11.9. The number of hydrogen-bond donors (Lipinski definition) is 1. The summed E-state index contributed by atoms with van der Waals surface area (Å²) in [6.07, 6.45) is 0. The fourth-order valence-corrected chi connectivity index (χ4v) is 2.25. The van der Waals surface area contributed by atoms with E-state index in [1.165, 1.54) is 11.6 Å². The Morgan fingerprint density at radius 2 is 1.96 bits per heavy atom. The molecule has 0 aliphatic heterocycles. The Morgan fingerprint density at radius 3 is 2.54 bits per heavy atom. The van der Waals surface area contributed by atoms with E-state index in [0.717, 1.165) is 0 Å². The van der Waals surface area contributed by atoms with Gasteiger partial charge in [-0.15, -0.1) is 24.0 Å². The molecule has 2 aromatic rings. The van der Waals surface area contributed by atoms with Crippen molar-refractivity contribution in [1.82, 2.24) is 10.2 Å². The second-order valence-electron chi connectivity index (χ2n) is 5.16. The highest BCUT2D eigenvalue weighted by Crippen LogP contribution is 2.10. The maximum atomic E-state index is 13.9. The Balaban J connectivity index is 0.00000288. The molecule has 0 bridgehead atoms. The monoisotopic (exact) mass is 438 g/mol. The molecule has 0 radical (unpaired) electrons. The van der Waals surface area contributed by atoms with Crippen molar-refractivity contribution in [3.8, 4) is 6.07 Å². The number of rotatable bonds is 4. The second kappa shape index (κ2) is 9.88. The predicted octanol–water partition coefficient (Wildman–Crippen LogP) is 3.52. The molecule has 0 spiro atoms. The van der Waals surface area contributed by atoms with Gasteiger partial charge in [0.15, 0.2) is 5.96 Å². The average molecular weight is 438 g/mol. The summed E-state index contributed by atoms with van der Waals surface area (Å²) in [5.74, 6) is 0.287. The molecule has 0 saturated carbocycles. The minimum Gasteiger partial charge on any atom is -0.352 e. The Hall–Kier alpha value is -2.14. The Kier molecular flexibility index (Phi) is 8.19. The lowest BCUT2D eigenvalue weighted by Crippen LogP contribution is -2.38. The van der Waals surface area contributed by atoms with Crippen LogP contribution < -0.4 is 5.32 Å². The molecular formula is C18H20FIN4. The van der Waals surface area contributed by atoms with Crippen molar-refractivity contribution in [2.75, 3.05) is 14.1 Å². The minimum absolute atomic E-state index is 0. The van der Waals surface area contributed by atoms with E-state index in [1.54, 1.807) is 19.2 Å². The molecule has 24 heavy (non-hydrogen) atoms. The number of aliphatic imine (C=N–C) groups is 1. The molecule has 0 aliphatic carbocycles. The molecular weight excluding hydrogens is 418 g/mol. The topological polar surface area (TPSA) is 51.4 Å². The second-order valence-corrected chi connectivity index (χ2v) is 5.16. The van der Waals surface area contributed by atoms with Crippen LogP contribution in [-0.4, -0.2) is 25.0 Å². The quantitative estimate of drug-likeness (QED) is 0.452. The Bertz CT molecular complexity index is 726. The third kappa shape index (κ3) is 5.49. The van der Waals surface area contributed by atoms with Crippen molar-refractivity contribution < 1.29 is 4.39 Å². The average Bonchev–Trinajstić information content (AvgIpc) is 2.57. The first-order chi connectivity index (χ1) is 11.1. The molecule has 0 heterocycles. The van der Waals surface area contributed by atoms with E-state index >= 15 is 0 Å². The normalized spacial score (nSPS) is 10.5. The maximum absolute atomic E-state index is 13.9. The zero-order valence-corrected chi connectivity index (χ0v) is 16.0. The number of benzene rings is 2. The van der Waals surface area contributed by atoms with Gasteiger partial charge in [0, 0.05) is 32.7 Å². The number of nitriles is 1. The molecule has 0 saturated heterocycles. The predicted molar refractivity (Wildman–Crippen MR) is 105 cm³/mol. The summed E-state index contributed by atoms with van der Waals surface area (Å²) in [4.78, 5) is 6.19. The Morgan fingerprint density at radius 1 is 1.25 bits per heavy atom. The van der Waals surface area contributed by atoms with Crippen molar-refractivity contribution in [3.63, 3.8) is 0 Å². The lowest BCUT2D eigenvalue weighted by molar-refractivity contribution is 0.475. The van der Waals surface area contributed by atoms with Crippen LogP contribution in [0.4, 0.5) is 4.39 Å². The van der Waals surface area contributed by atoms with Crippen LogP contribution in [0.1, 0.15) is 16.7 Å². The van der Waals surface area contributed by atoms with Crippen molar-refractivity contribution in [2.24, 2.45) is 4.99 Å². The summed E-state index contributed by atoms with van der Waals surface area (Å²) < 4.78 is 13.9. The van der Waals surface area contributed by atoms with Gasteiger partial charge in [-0.2, -0.15) is 5.26 Å². The fraction of sp³-hybridized carbons (Fsp3) is 0.222. The molecule has 2 rings (SSSR count). The van der Waals surface area contributed by atoms with Gasteiger partial charge in [0.05, 0.1) is 11.6 Å². The SMILES string of the molecule is CN=C(NCc1ccc(C#N)cc1F)N(C)Cc1ccccc1.I. The number of guanidine groups is 1. The molecule has 4 nitrogen and oxygen atoms in total. The zero-order valence-electron chi connectivity index (χ0n) is 13.7. The fourth-order valence-electron chi connectivity index (χ4n) is 2.25. The van der Waals surface area contributed by atoms with Gasteiger partial charge in [0.2, 0.25) is 0 Å². The highest BCUT2D eigenvalue weighted by atomic mass is 127. The molecule has 0 atom stereocenters. The van der Waals surface area contributed by atoms with Crippen LogP contribution in [0.25, 0.3) is 0 Å². The number of hydrogen-bond acceptors (Lipinski definition) is 2. The maximum Gasteiger partial charge on any atom is 0.193 e. The van der Waals surface area contributed by atoms with Crippen LogP contribution in [0.15, 0.2) is 53.5 Å². The number of halogens is 2. The van der Waals surface area contributed by atoms with E-state index in [4.69, 9.17) is 5.26 Å². The van der Waals surface area contributed by atoms with Crippen molar-refractivity contribution in [3.05, 3.63) is 71.0 Å². The minimum atomic E-state index is -0.391. The smallest absolute Gasteiger partial charge is 0.193 e. The van der Waals surface area contributed by atoms with Crippen molar-refractivity contribution >= 4 is 29.9 Å². The standard InChI is InChI=1S/C18H19FN4.HI/c1-21-18(23(2)13-14-6-4-3-5-7-14)22-12-16-9-8-15(11-20)10-17(16)19;/h3-10H,12-13H2,1-2H3,(H,21,22);1H. The first-order valence-corrected chi connectivity index (χ1v) is 7.28. The van der Waals surface area contributed by atoms with E-state index in [-0.39, 0.29) is 24.0 Å². The highest BCUT2D eigenvalue weighted by molar-refractivity contribution is 14.0. The molecule has 0 aromatic heterocycles. The van der Waals surface area contributed by atoms with Gasteiger partial charge >= 0.3 is 0 Å². The summed E-state index contributed by atoms with van der Waals surface area (Å²) in [7, 11) is 3.62. The summed E-state index contributed by atoms with van der Waals surface area (Å²) >= 11 is 0. The van der Waals surface area contributed by atoms with E-state index in [1.807, 2.05) is 48.3 Å². The Labute approximate surface area is 159 Å². The van der Waals surface area contributed by atoms with Crippen LogP contribution in [0, 0.1) is 17.1 Å². The van der Waals surface area contributed by atoms with Gasteiger partial charge in [-0.3, -0.25) is 4.99 Å². The first-order valence-electron chi connectivity index (χ1n) is 7.28. The summed E-state index contributed by atoms with van der Waals surface area (Å²) in [6.45, 7) is 1.01. The van der Waals surface area contributed by atoms with E-state index in [0.29, 0.717) is 30.2 Å². The van der Waals surface area contributed by atoms with Gasteiger partial charge in [-0.05, 0) is 17.7 Å². The van der Waals surface area contributed by atoms with Crippen LogP contribution in [0.3, 0.4) is 0 Å². The van der Waals surface area contributed by atoms with Gasteiger partial charge in [-0.25, -0.2) is 4.39 Å². The third-order valence-electron chi connectivity index (χ3n) is 3.46. The van der Waals surface area contributed by atoms with Gasteiger partial charge in [0.25, 0.3) is 0 Å². The van der Waals surface area contributed by atoms with Crippen molar-refractivity contribution in [1.29, 1.82) is 5.26 Å². The molecule has 0 unspecified atom stereocenters. The molecule has 0 amide bonds. The molecule has 6 heteroatoms. The first kappa shape index (κ1) is 19.9. The van der Waals surface area contributed by atoms with Crippen LogP contribution in [0.5, 0.6) is 0 Å². The summed E-state index contributed by atoms with van der Waals surface area (Å²) in [6, 6.07) is 16.4. The molecule has 126 valence electrons. The van der Waals surface area contributed by atoms with E-state index in [2.05, 4.69) is 10.3 Å². The third-order valence-corrected chi connectivity index (χ3v) is 3.46. The molecule has 1 N–H and O–H groups in total. The highest BCUT2D eigenvalue weighted by Gasteiger charge is 2.08. The zero-order chi connectivity index (χ0) is 16.7. The molecule has 0 fully saturated rings. The number of nitrogens with zero attached hydrogens (tertiary/aromatic N) is 3. The van der Waals surface area contributed by atoms with E-state index < -0.39 is 5.82 Å². The van der Waals surface area contributed by atoms with Crippen LogP contribution in [0.2, 0.25) is 0 Å². The van der Waals surface area contributed by atoms with Crippen LogP contribution in [-0.2, 0) is 13.1 Å². The van der Waals surface area contributed by atoms with Crippen LogP contribution >= 0.6 is 24.0 Å². The lowest BCUT2D eigenvalue weighted by atomic mass is 10.1. The lowest BCUT2D eigenvalue weighted by Gasteiger charge is -2.22. The number of nitrogens with one attached hydrogen (secondary N) is 1. The van der Waals surface area contributed by atoms with Gasteiger partial charge in [-0.1, -0.05) is 36.4 Å². The molecule has 2 aromatic carbocycles.